The van der Waals surface area contributed by atoms with Crippen molar-refractivity contribution in [3.63, 3.8) is 0 Å². The molecule has 2 unspecified atom stereocenters. The van der Waals surface area contributed by atoms with E-state index in [1.165, 1.54) is 0 Å². The number of alkyl halides is 13. The fourth-order valence-electron chi connectivity index (χ4n) is 1.83. The van der Waals surface area contributed by atoms with Crippen LogP contribution in [0.5, 0.6) is 0 Å². The highest BCUT2D eigenvalue weighted by Gasteiger charge is 2.81. The minimum absolute atomic E-state index is 2.42. The van der Waals surface area contributed by atoms with Crippen molar-refractivity contribution in [2.24, 2.45) is 0 Å². The minimum atomic E-state index is -5.97. The summed E-state index contributed by atoms with van der Waals surface area (Å²) in [6.07, 6.45) is -14.9. The third kappa shape index (κ3) is 3.97. The molecule has 0 aromatic heterocycles. The molecule has 2 nitrogen and oxygen atoms in total. The summed E-state index contributed by atoms with van der Waals surface area (Å²) in [5, 5.41) is 0. The first-order valence-corrected chi connectivity index (χ1v) is 6.43. The fraction of sp³-hybridized carbons (Fsp3) is 1.00. The second kappa shape index (κ2) is 6.87. The predicted octanol–water partition coefficient (Wildman–Crippen LogP) is 4.53. The number of rotatable bonds is 8. The van der Waals surface area contributed by atoms with E-state index in [9.17, 15) is 57.1 Å². The van der Waals surface area contributed by atoms with Gasteiger partial charge in [0.15, 0.2) is 0 Å². The monoisotopic (exact) mass is 420 g/mol. The molecule has 0 aromatic rings. The van der Waals surface area contributed by atoms with E-state index >= 15 is 0 Å². The lowest BCUT2D eigenvalue weighted by atomic mass is 10.1. The normalized spacial score (nSPS) is 29.0. The van der Waals surface area contributed by atoms with E-state index in [0.29, 0.717) is 0 Å². The number of hydrogen-bond donors (Lipinski definition) is 0. The van der Waals surface area contributed by atoms with Gasteiger partial charge in [-0.15, -0.1) is 0 Å². The molecular weight excluding hydrogens is 411 g/mol. The van der Waals surface area contributed by atoms with Gasteiger partial charge in [0, 0.05) is 6.42 Å². The topological polar surface area (TPSA) is 18.5 Å². The van der Waals surface area contributed by atoms with Crippen LogP contribution >= 0.6 is 0 Å². The van der Waals surface area contributed by atoms with Gasteiger partial charge in [-0.2, -0.15) is 35.1 Å². The minimum Gasteiger partial charge on any atom is -0.365 e. The summed E-state index contributed by atoms with van der Waals surface area (Å²) in [5.74, 6) is -27.0. The van der Waals surface area contributed by atoms with Crippen molar-refractivity contribution in [2.75, 3.05) is 13.2 Å². The number of hydrogen-bond acceptors (Lipinski definition) is 2. The molecule has 2 atom stereocenters. The molecular formula is C11H9F13O2. The Morgan fingerprint density at radius 1 is 0.808 bits per heavy atom. The molecule has 1 rings (SSSR count). The van der Waals surface area contributed by atoms with Crippen molar-refractivity contribution < 1.29 is 66.5 Å². The zero-order valence-electron chi connectivity index (χ0n) is 12.1. The van der Waals surface area contributed by atoms with E-state index in [1.807, 2.05) is 0 Å². The first-order chi connectivity index (χ1) is 11.4. The van der Waals surface area contributed by atoms with Crippen molar-refractivity contribution in [3.8, 4) is 0 Å². The lowest BCUT2D eigenvalue weighted by Gasteiger charge is -2.33. The zero-order chi connectivity index (χ0) is 20.8. The van der Waals surface area contributed by atoms with E-state index < -0.39 is 68.1 Å². The van der Waals surface area contributed by atoms with Crippen LogP contribution in [0.15, 0.2) is 0 Å². The third-order valence-electron chi connectivity index (χ3n) is 3.33. The summed E-state index contributed by atoms with van der Waals surface area (Å²) >= 11 is 0. The maximum atomic E-state index is 14.2. The molecule has 15 heteroatoms. The number of ether oxygens (including phenoxy) is 2. The highest BCUT2D eigenvalue weighted by molar-refractivity contribution is 5.10. The Balaban J connectivity index is 3.07. The summed E-state index contributed by atoms with van der Waals surface area (Å²) in [5.41, 5.74) is 0. The molecule has 1 aliphatic rings. The molecule has 0 bridgehead atoms. The highest BCUT2D eigenvalue weighted by atomic mass is 19.3. The average molecular weight is 420 g/mol. The second-order valence-electron chi connectivity index (χ2n) is 5.34. The zero-order valence-corrected chi connectivity index (χ0v) is 12.1. The lowest BCUT2D eigenvalue weighted by Crippen LogP contribution is -2.56. The molecule has 0 amide bonds. The van der Waals surface area contributed by atoms with Gasteiger partial charge in [0.1, 0.15) is 19.3 Å². The highest BCUT2D eigenvalue weighted by Crippen LogP contribution is 2.57. The Bertz CT molecular complexity index is 494. The average Bonchev–Trinajstić information content (AvgIpc) is 2.60. The van der Waals surface area contributed by atoms with Crippen molar-refractivity contribution in [3.05, 3.63) is 0 Å². The standard InChI is InChI=1S/C11H9F13O2/c12-5(13)7(16,17)2-25-4-1-9(20,21)11(23,24)10(4,22)26-3-8(18,19)6(14)15/h4-6H,1-3H2. The molecule has 0 aromatic carbocycles. The van der Waals surface area contributed by atoms with Crippen LogP contribution in [-0.2, 0) is 9.47 Å². The van der Waals surface area contributed by atoms with E-state index in [0.717, 1.165) is 0 Å². The molecule has 0 aliphatic heterocycles. The Labute approximate surface area is 136 Å². The van der Waals surface area contributed by atoms with Gasteiger partial charge in [-0.05, 0) is 0 Å². The van der Waals surface area contributed by atoms with Gasteiger partial charge in [-0.1, -0.05) is 0 Å². The van der Waals surface area contributed by atoms with Crippen LogP contribution in [0.4, 0.5) is 57.1 Å². The van der Waals surface area contributed by atoms with Gasteiger partial charge in [-0.3, -0.25) is 0 Å². The first-order valence-electron chi connectivity index (χ1n) is 6.43. The van der Waals surface area contributed by atoms with Gasteiger partial charge in [0.25, 0.3) is 0 Å². The summed E-state index contributed by atoms with van der Waals surface area (Å²) in [6.45, 7) is -5.38. The Kier molecular flexibility index (Phi) is 6.09. The predicted molar refractivity (Wildman–Crippen MR) is 55.9 cm³/mol. The quantitative estimate of drug-likeness (QED) is 0.538. The molecule has 0 N–H and O–H groups in total. The largest absolute Gasteiger partial charge is 0.370 e. The molecule has 1 aliphatic carbocycles. The van der Waals surface area contributed by atoms with Crippen molar-refractivity contribution in [1.82, 2.24) is 0 Å². The van der Waals surface area contributed by atoms with E-state index in [2.05, 4.69) is 9.47 Å². The summed E-state index contributed by atoms with van der Waals surface area (Å²) < 4.78 is 173. The van der Waals surface area contributed by atoms with Crippen LogP contribution in [0.1, 0.15) is 6.42 Å². The molecule has 0 heterocycles. The van der Waals surface area contributed by atoms with Crippen molar-refractivity contribution in [1.29, 1.82) is 0 Å². The summed E-state index contributed by atoms with van der Waals surface area (Å²) in [4.78, 5) is 0. The van der Waals surface area contributed by atoms with Gasteiger partial charge in [-0.25, -0.2) is 22.0 Å². The van der Waals surface area contributed by atoms with Crippen LogP contribution in [-0.4, -0.2) is 61.7 Å². The second-order valence-corrected chi connectivity index (χ2v) is 5.34. The van der Waals surface area contributed by atoms with Crippen LogP contribution in [0.2, 0.25) is 0 Å². The lowest BCUT2D eigenvalue weighted by molar-refractivity contribution is -0.348. The van der Waals surface area contributed by atoms with Gasteiger partial charge in [0.05, 0.1) is 0 Å². The van der Waals surface area contributed by atoms with E-state index in [1.54, 1.807) is 0 Å². The molecule has 1 saturated carbocycles. The molecule has 0 spiro atoms. The maximum Gasteiger partial charge on any atom is 0.370 e. The SMILES string of the molecule is FC(F)C(F)(F)COC1CC(F)(F)C(F)(F)C1(F)OCC(F)(F)C(F)F. The van der Waals surface area contributed by atoms with Gasteiger partial charge >= 0.3 is 42.4 Å². The van der Waals surface area contributed by atoms with Crippen LogP contribution in [0, 0.1) is 0 Å². The van der Waals surface area contributed by atoms with E-state index in [4.69, 9.17) is 0 Å². The van der Waals surface area contributed by atoms with Crippen molar-refractivity contribution >= 4 is 0 Å². The van der Waals surface area contributed by atoms with Crippen LogP contribution in [0.3, 0.4) is 0 Å². The molecule has 1 fully saturated rings. The maximum absolute atomic E-state index is 14.2. The van der Waals surface area contributed by atoms with E-state index in [-0.39, 0.29) is 0 Å². The smallest absolute Gasteiger partial charge is 0.365 e. The van der Waals surface area contributed by atoms with Gasteiger partial charge < -0.3 is 9.47 Å². The number of halogens is 13. The molecule has 156 valence electrons. The Morgan fingerprint density at radius 2 is 1.23 bits per heavy atom. The Morgan fingerprint density at radius 3 is 1.65 bits per heavy atom. The molecule has 0 saturated heterocycles. The fourth-order valence-corrected chi connectivity index (χ4v) is 1.83. The first kappa shape index (κ1) is 23.0. The van der Waals surface area contributed by atoms with Gasteiger partial charge in [0.2, 0.25) is 0 Å². The van der Waals surface area contributed by atoms with Crippen molar-refractivity contribution in [2.45, 2.75) is 54.9 Å². The molecule has 0 radical (unpaired) electrons. The third-order valence-corrected chi connectivity index (χ3v) is 3.33. The summed E-state index contributed by atoms with van der Waals surface area (Å²) in [7, 11) is 0. The Hall–Kier alpha value is -0.990. The summed E-state index contributed by atoms with van der Waals surface area (Å²) in [6, 6.07) is 0. The molecule has 26 heavy (non-hydrogen) atoms. The van der Waals surface area contributed by atoms with Crippen LogP contribution < -0.4 is 0 Å². The van der Waals surface area contributed by atoms with Crippen LogP contribution in [0.25, 0.3) is 0 Å².